The van der Waals surface area contributed by atoms with Crippen LogP contribution in [-0.4, -0.2) is 12.1 Å². The molecule has 4 aliphatic carbocycles. The third-order valence-corrected chi connectivity index (χ3v) is 4.86. The summed E-state index contributed by atoms with van der Waals surface area (Å²) in [6.45, 7) is 0. The first kappa shape index (κ1) is 6.86. The molecular formula is C11H14O2. The molecule has 4 bridgehead atoms. The van der Waals surface area contributed by atoms with E-state index in [1.54, 1.807) is 0 Å². The van der Waals surface area contributed by atoms with Crippen molar-refractivity contribution < 1.29 is 9.53 Å². The van der Waals surface area contributed by atoms with E-state index in [0.717, 1.165) is 30.6 Å². The second kappa shape index (κ2) is 1.79. The Balaban J connectivity index is 1.82. The minimum absolute atomic E-state index is 0.0365. The summed E-state index contributed by atoms with van der Waals surface area (Å²) in [5.74, 6) is 2.60. The Hall–Kier alpha value is -0.530. The summed E-state index contributed by atoms with van der Waals surface area (Å²) in [6, 6.07) is 0. The Bertz CT molecular complexity index is 282. The molecule has 5 fully saturated rings. The first-order chi connectivity index (χ1) is 6.28. The van der Waals surface area contributed by atoms with E-state index in [0.29, 0.717) is 6.10 Å². The molecule has 2 nitrogen and oxygen atoms in total. The van der Waals surface area contributed by atoms with Crippen LogP contribution in [0, 0.1) is 23.2 Å². The normalized spacial score (nSPS) is 61.4. The molecule has 0 N–H and O–H groups in total. The number of carbonyl (C=O) groups is 1. The molecule has 2 heteroatoms. The van der Waals surface area contributed by atoms with Crippen LogP contribution in [0.2, 0.25) is 0 Å². The Kier molecular flexibility index (Phi) is 0.946. The van der Waals surface area contributed by atoms with Crippen molar-refractivity contribution in [2.45, 2.75) is 38.2 Å². The van der Waals surface area contributed by atoms with Crippen molar-refractivity contribution in [2.75, 3.05) is 0 Å². The third kappa shape index (κ3) is 0.598. The number of carbonyl (C=O) groups excluding carboxylic acids is 1. The Labute approximate surface area is 77.6 Å². The standard InChI is InChI=1S/C11H14O2/c12-10-11-4-6-1-7(5-11)3-8(2-6)9(11)13-10/h6-9H,1-5H2. The number of hydrogen-bond acceptors (Lipinski definition) is 2. The van der Waals surface area contributed by atoms with Gasteiger partial charge in [-0.3, -0.25) is 4.79 Å². The first-order valence-electron chi connectivity index (χ1n) is 5.49. The van der Waals surface area contributed by atoms with Crippen LogP contribution >= 0.6 is 0 Å². The van der Waals surface area contributed by atoms with Crippen LogP contribution in [0.3, 0.4) is 0 Å². The lowest BCUT2D eigenvalue weighted by Crippen LogP contribution is -2.68. The lowest BCUT2D eigenvalue weighted by Gasteiger charge is -2.64. The second-order valence-corrected chi connectivity index (χ2v) is 5.59. The molecule has 1 spiro atoms. The van der Waals surface area contributed by atoms with Gasteiger partial charge in [0.25, 0.3) is 0 Å². The Morgan fingerprint density at radius 1 is 1.15 bits per heavy atom. The van der Waals surface area contributed by atoms with Crippen LogP contribution in [0.5, 0.6) is 0 Å². The molecule has 70 valence electrons. The van der Waals surface area contributed by atoms with Gasteiger partial charge < -0.3 is 4.74 Å². The maximum absolute atomic E-state index is 11.5. The van der Waals surface area contributed by atoms with Gasteiger partial charge in [0, 0.05) is 0 Å². The summed E-state index contributed by atoms with van der Waals surface area (Å²) in [7, 11) is 0. The molecule has 0 amide bonds. The van der Waals surface area contributed by atoms with Crippen LogP contribution in [0.25, 0.3) is 0 Å². The molecule has 1 heterocycles. The smallest absolute Gasteiger partial charge is 0.316 e. The van der Waals surface area contributed by atoms with Gasteiger partial charge >= 0.3 is 5.97 Å². The van der Waals surface area contributed by atoms with Crippen molar-refractivity contribution in [3.05, 3.63) is 0 Å². The van der Waals surface area contributed by atoms with Crippen molar-refractivity contribution in [2.24, 2.45) is 23.2 Å². The second-order valence-electron chi connectivity index (χ2n) is 5.59. The topological polar surface area (TPSA) is 26.3 Å². The average Bonchev–Trinajstić information content (AvgIpc) is 2.10. The summed E-state index contributed by atoms with van der Waals surface area (Å²) < 4.78 is 5.33. The molecule has 5 rings (SSSR count). The van der Waals surface area contributed by atoms with E-state index >= 15 is 0 Å². The van der Waals surface area contributed by atoms with Crippen molar-refractivity contribution >= 4 is 5.97 Å². The minimum atomic E-state index is 0.0365. The van der Waals surface area contributed by atoms with Gasteiger partial charge in [0.15, 0.2) is 0 Å². The largest absolute Gasteiger partial charge is 0.460 e. The highest BCUT2D eigenvalue weighted by Gasteiger charge is 2.68. The molecule has 1 aliphatic heterocycles. The maximum Gasteiger partial charge on any atom is 0.316 e. The Morgan fingerprint density at radius 2 is 1.85 bits per heavy atom. The summed E-state index contributed by atoms with van der Waals surface area (Å²) in [5, 5.41) is 0. The van der Waals surface area contributed by atoms with E-state index in [1.807, 2.05) is 0 Å². The molecule has 0 aromatic heterocycles. The SMILES string of the molecule is O=C1OC2C3CC4CC(C3)CC12C4. The van der Waals surface area contributed by atoms with Gasteiger partial charge in [0.1, 0.15) is 11.5 Å². The molecule has 3 atom stereocenters. The van der Waals surface area contributed by atoms with E-state index < -0.39 is 0 Å². The molecule has 0 radical (unpaired) electrons. The zero-order valence-electron chi connectivity index (χ0n) is 7.66. The maximum atomic E-state index is 11.5. The van der Waals surface area contributed by atoms with Gasteiger partial charge in [0.05, 0.1) is 0 Å². The predicted molar refractivity (Wildman–Crippen MR) is 45.9 cm³/mol. The molecule has 3 unspecified atom stereocenters. The van der Waals surface area contributed by atoms with E-state index in [-0.39, 0.29) is 11.4 Å². The minimum Gasteiger partial charge on any atom is -0.460 e. The summed E-state index contributed by atoms with van der Waals surface area (Å²) in [4.78, 5) is 11.5. The zero-order valence-corrected chi connectivity index (χ0v) is 7.66. The summed E-state index contributed by atoms with van der Waals surface area (Å²) >= 11 is 0. The van der Waals surface area contributed by atoms with Gasteiger partial charge in [0.2, 0.25) is 0 Å². The number of esters is 1. The number of hydrogen-bond donors (Lipinski definition) is 0. The van der Waals surface area contributed by atoms with Crippen LogP contribution in [0.15, 0.2) is 0 Å². The molecule has 5 aliphatic rings. The van der Waals surface area contributed by atoms with E-state index in [4.69, 9.17) is 4.74 Å². The zero-order chi connectivity index (χ0) is 8.63. The monoisotopic (exact) mass is 178 g/mol. The highest BCUT2D eigenvalue weighted by atomic mass is 16.6. The van der Waals surface area contributed by atoms with Gasteiger partial charge in [-0.1, -0.05) is 0 Å². The van der Waals surface area contributed by atoms with Gasteiger partial charge in [-0.05, 0) is 49.9 Å². The van der Waals surface area contributed by atoms with E-state index in [9.17, 15) is 4.79 Å². The third-order valence-electron chi connectivity index (χ3n) is 4.86. The van der Waals surface area contributed by atoms with Gasteiger partial charge in [-0.15, -0.1) is 0 Å². The quantitative estimate of drug-likeness (QED) is 0.528. The van der Waals surface area contributed by atoms with Gasteiger partial charge in [-0.25, -0.2) is 0 Å². The van der Waals surface area contributed by atoms with E-state index in [2.05, 4.69) is 0 Å². The van der Waals surface area contributed by atoms with Crippen LogP contribution in [0.4, 0.5) is 0 Å². The average molecular weight is 178 g/mol. The highest BCUT2D eigenvalue weighted by molar-refractivity contribution is 5.84. The van der Waals surface area contributed by atoms with Crippen molar-refractivity contribution in [3.63, 3.8) is 0 Å². The van der Waals surface area contributed by atoms with Crippen molar-refractivity contribution in [1.29, 1.82) is 0 Å². The lowest BCUT2D eigenvalue weighted by molar-refractivity contribution is -0.259. The first-order valence-corrected chi connectivity index (χ1v) is 5.49. The molecule has 4 saturated carbocycles. The molecule has 0 aromatic rings. The van der Waals surface area contributed by atoms with Gasteiger partial charge in [-0.2, -0.15) is 0 Å². The summed E-state index contributed by atoms with van der Waals surface area (Å²) in [6.07, 6.45) is 6.74. The lowest BCUT2D eigenvalue weighted by atomic mass is 9.46. The van der Waals surface area contributed by atoms with E-state index in [1.165, 1.54) is 19.3 Å². The van der Waals surface area contributed by atoms with Crippen LogP contribution in [0.1, 0.15) is 32.1 Å². The van der Waals surface area contributed by atoms with Crippen molar-refractivity contribution in [1.82, 2.24) is 0 Å². The summed E-state index contributed by atoms with van der Waals surface area (Å²) in [5.41, 5.74) is 0.0365. The predicted octanol–water partition coefficient (Wildman–Crippen LogP) is 1.74. The van der Waals surface area contributed by atoms with Crippen molar-refractivity contribution in [3.8, 4) is 0 Å². The molecule has 1 saturated heterocycles. The molecular weight excluding hydrogens is 164 g/mol. The highest BCUT2D eigenvalue weighted by Crippen LogP contribution is 2.65. The number of ether oxygens (including phenoxy) is 1. The Morgan fingerprint density at radius 3 is 2.46 bits per heavy atom. The fourth-order valence-corrected chi connectivity index (χ4v) is 4.66. The fraction of sp³-hybridized carbons (Fsp3) is 0.909. The fourth-order valence-electron chi connectivity index (χ4n) is 4.66. The van der Waals surface area contributed by atoms with Crippen LogP contribution in [-0.2, 0) is 9.53 Å². The molecule has 13 heavy (non-hydrogen) atoms. The molecule has 0 aromatic carbocycles. The van der Waals surface area contributed by atoms with Crippen LogP contribution < -0.4 is 0 Å². The number of rotatable bonds is 0.